The minimum Gasteiger partial charge on any atom is -0.314 e. The Morgan fingerprint density at radius 3 is 2.83 bits per heavy atom. The van der Waals surface area contributed by atoms with E-state index in [1.54, 1.807) is 0 Å². The van der Waals surface area contributed by atoms with E-state index in [0.29, 0.717) is 0 Å². The fourth-order valence-corrected chi connectivity index (χ4v) is 1.85. The quantitative estimate of drug-likeness (QED) is 0.619. The molecule has 0 amide bonds. The summed E-state index contributed by atoms with van der Waals surface area (Å²) in [7, 11) is 0. The molecule has 12 heavy (non-hydrogen) atoms. The second-order valence-corrected chi connectivity index (χ2v) is 4.41. The predicted molar refractivity (Wildman–Crippen MR) is 62.6 cm³/mol. The number of halogens is 2. The molecule has 0 heterocycles. The molecular weight excluding hydrogens is 329 g/mol. The minimum absolute atomic E-state index is 0.325. The Balaban J connectivity index is 3.15. The molecule has 1 rings (SSSR count). The van der Waals surface area contributed by atoms with Gasteiger partial charge in [-0.05, 0) is 46.4 Å². The molecule has 1 nitrogen and oxygen atoms in total. The maximum atomic E-state index is 5.69. The van der Waals surface area contributed by atoms with Crippen LogP contribution in [0.5, 0.6) is 0 Å². The zero-order chi connectivity index (χ0) is 9.14. The predicted octanol–water partition coefficient (Wildman–Crippen LogP) is 2.69. The fraction of sp³-hybridized carbons (Fsp3) is 0.111. The lowest BCUT2D eigenvalue weighted by molar-refractivity contribution is 0.938. The van der Waals surface area contributed by atoms with Crippen LogP contribution >= 0.6 is 38.5 Å². The van der Waals surface area contributed by atoms with E-state index in [9.17, 15) is 0 Å². The summed E-state index contributed by atoms with van der Waals surface area (Å²) in [5.74, 6) is 2.49. The van der Waals surface area contributed by atoms with Gasteiger partial charge in [-0.3, -0.25) is 0 Å². The van der Waals surface area contributed by atoms with Gasteiger partial charge in [-0.15, -0.1) is 6.42 Å². The summed E-state index contributed by atoms with van der Waals surface area (Å²) in [6.07, 6.45) is 5.22. The van der Waals surface area contributed by atoms with E-state index in [2.05, 4.69) is 44.4 Å². The van der Waals surface area contributed by atoms with Crippen molar-refractivity contribution < 1.29 is 0 Å². The second-order valence-electron chi connectivity index (χ2n) is 2.31. The third-order valence-electron chi connectivity index (χ3n) is 1.47. The highest BCUT2D eigenvalue weighted by atomic mass is 127. The van der Waals surface area contributed by atoms with E-state index in [-0.39, 0.29) is 6.04 Å². The van der Waals surface area contributed by atoms with Crippen LogP contribution < -0.4 is 5.73 Å². The van der Waals surface area contributed by atoms with Crippen LogP contribution in [0.1, 0.15) is 11.6 Å². The van der Waals surface area contributed by atoms with Crippen molar-refractivity contribution in [2.75, 3.05) is 0 Å². The van der Waals surface area contributed by atoms with Gasteiger partial charge in [-0.25, -0.2) is 0 Å². The topological polar surface area (TPSA) is 26.0 Å². The van der Waals surface area contributed by atoms with Crippen molar-refractivity contribution >= 4 is 38.5 Å². The standard InChI is InChI=1S/C9H7BrIN/c1-2-9(12)7-5-6(11)3-4-8(7)10/h1,3-5,9H,12H2. The monoisotopic (exact) mass is 335 g/mol. The molecule has 1 aromatic carbocycles. The smallest absolute Gasteiger partial charge is 0.0929 e. The third-order valence-corrected chi connectivity index (χ3v) is 2.87. The Labute approximate surface area is 94.0 Å². The van der Waals surface area contributed by atoms with Crippen LogP contribution in [0.15, 0.2) is 22.7 Å². The molecule has 2 N–H and O–H groups in total. The molecule has 1 atom stereocenters. The van der Waals surface area contributed by atoms with Crippen molar-refractivity contribution in [2.24, 2.45) is 5.73 Å². The molecule has 0 aliphatic heterocycles. The molecule has 0 fully saturated rings. The molecule has 0 radical (unpaired) electrons. The summed E-state index contributed by atoms with van der Waals surface area (Å²) >= 11 is 5.62. The zero-order valence-electron chi connectivity index (χ0n) is 6.22. The number of rotatable bonds is 1. The summed E-state index contributed by atoms with van der Waals surface area (Å²) in [6, 6.07) is 5.61. The van der Waals surface area contributed by atoms with Gasteiger partial charge < -0.3 is 5.73 Å². The Bertz CT molecular complexity index is 330. The molecule has 3 heteroatoms. The molecular formula is C9H7BrIN. The Kier molecular flexibility index (Phi) is 3.56. The normalized spacial score (nSPS) is 12.2. The number of benzene rings is 1. The van der Waals surface area contributed by atoms with Gasteiger partial charge in [0.1, 0.15) is 0 Å². The average molecular weight is 336 g/mol. The van der Waals surface area contributed by atoms with E-state index in [1.807, 2.05) is 18.2 Å². The summed E-state index contributed by atoms with van der Waals surface area (Å²) in [6.45, 7) is 0. The maximum Gasteiger partial charge on any atom is 0.0929 e. The Morgan fingerprint density at radius 1 is 1.58 bits per heavy atom. The van der Waals surface area contributed by atoms with Gasteiger partial charge in [0.05, 0.1) is 6.04 Å². The molecule has 0 saturated carbocycles. The molecule has 0 saturated heterocycles. The van der Waals surface area contributed by atoms with E-state index in [1.165, 1.54) is 0 Å². The molecule has 62 valence electrons. The van der Waals surface area contributed by atoms with Crippen LogP contribution in [-0.2, 0) is 0 Å². The van der Waals surface area contributed by atoms with Crippen molar-refractivity contribution in [2.45, 2.75) is 6.04 Å². The van der Waals surface area contributed by atoms with E-state index in [4.69, 9.17) is 12.2 Å². The highest BCUT2D eigenvalue weighted by molar-refractivity contribution is 14.1. The van der Waals surface area contributed by atoms with Crippen LogP contribution in [-0.4, -0.2) is 0 Å². The van der Waals surface area contributed by atoms with Crippen molar-refractivity contribution in [1.29, 1.82) is 0 Å². The number of terminal acetylenes is 1. The van der Waals surface area contributed by atoms with Gasteiger partial charge in [0.15, 0.2) is 0 Å². The molecule has 0 aliphatic rings. The van der Waals surface area contributed by atoms with Crippen LogP contribution in [0.4, 0.5) is 0 Å². The van der Waals surface area contributed by atoms with Gasteiger partial charge in [-0.2, -0.15) is 0 Å². The lowest BCUT2D eigenvalue weighted by Gasteiger charge is -2.07. The van der Waals surface area contributed by atoms with Crippen LogP contribution in [0.2, 0.25) is 0 Å². The van der Waals surface area contributed by atoms with E-state index in [0.717, 1.165) is 13.6 Å². The SMILES string of the molecule is C#CC(N)c1cc(I)ccc1Br. The molecule has 0 spiro atoms. The lowest BCUT2D eigenvalue weighted by Crippen LogP contribution is -2.08. The van der Waals surface area contributed by atoms with Crippen molar-refractivity contribution in [1.82, 2.24) is 0 Å². The second kappa shape index (κ2) is 4.26. The number of hydrogen-bond acceptors (Lipinski definition) is 1. The zero-order valence-corrected chi connectivity index (χ0v) is 9.96. The molecule has 0 aromatic heterocycles. The van der Waals surface area contributed by atoms with Gasteiger partial charge >= 0.3 is 0 Å². The first-order valence-electron chi connectivity index (χ1n) is 3.32. The van der Waals surface area contributed by atoms with Crippen LogP contribution in [0.3, 0.4) is 0 Å². The first kappa shape index (κ1) is 10.0. The summed E-state index contributed by atoms with van der Waals surface area (Å²) in [5.41, 5.74) is 6.66. The van der Waals surface area contributed by atoms with Crippen LogP contribution in [0.25, 0.3) is 0 Å². The van der Waals surface area contributed by atoms with Gasteiger partial charge in [-0.1, -0.05) is 21.9 Å². The summed E-state index contributed by atoms with van der Waals surface area (Å²) in [5, 5.41) is 0. The van der Waals surface area contributed by atoms with Crippen molar-refractivity contribution in [3.05, 3.63) is 31.8 Å². The van der Waals surface area contributed by atoms with Gasteiger partial charge in [0.25, 0.3) is 0 Å². The lowest BCUT2D eigenvalue weighted by atomic mass is 10.1. The molecule has 1 aromatic rings. The highest BCUT2D eigenvalue weighted by Crippen LogP contribution is 2.23. The van der Waals surface area contributed by atoms with Crippen LogP contribution in [0, 0.1) is 15.9 Å². The average Bonchev–Trinajstić information content (AvgIpc) is 2.08. The maximum absolute atomic E-state index is 5.69. The van der Waals surface area contributed by atoms with Crippen molar-refractivity contribution in [3.8, 4) is 12.3 Å². The fourth-order valence-electron chi connectivity index (χ4n) is 0.843. The Morgan fingerprint density at radius 2 is 2.25 bits per heavy atom. The molecule has 1 unspecified atom stereocenters. The minimum atomic E-state index is -0.325. The largest absolute Gasteiger partial charge is 0.314 e. The summed E-state index contributed by atoms with van der Waals surface area (Å²) in [4.78, 5) is 0. The number of hydrogen-bond donors (Lipinski definition) is 1. The third kappa shape index (κ3) is 2.22. The first-order chi connectivity index (χ1) is 5.65. The van der Waals surface area contributed by atoms with E-state index < -0.39 is 0 Å². The Hall–Kier alpha value is -0.0500. The highest BCUT2D eigenvalue weighted by Gasteiger charge is 2.06. The van der Waals surface area contributed by atoms with Crippen molar-refractivity contribution in [3.63, 3.8) is 0 Å². The first-order valence-corrected chi connectivity index (χ1v) is 5.19. The number of nitrogens with two attached hydrogens (primary N) is 1. The van der Waals surface area contributed by atoms with E-state index >= 15 is 0 Å². The van der Waals surface area contributed by atoms with Gasteiger partial charge in [0.2, 0.25) is 0 Å². The molecule has 0 bridgehead atoms. The molecule has 0 aliphatic carbocycles. The van der Waals surface area contributed by atoms with Gasteiger partial charge in [0, 0.05) is 8.04 Å². The summed E-state index contributed by atoms with van der Waals surface area (Å²) < 4.78 is 2.10.